The van der Waals surface area contributed by atoms with Crippen LogP contribution in [0.3, 0.4) is 0 Å². The predicted octanol–water partition coefficient (Wildman–Crippen LogP) is 2.88. The van der Waals surface area contributed by atoms with Gasteiger partial charge in [-0.25, -0.2) is 0 Å². The van der Waals surface area contributed by atoms with Crippen LogP contribution < -0.4 is 5.32 Å². The first-order valence-electron chi connectivity index (χ1n) is 6.88. The van der Waals surface area contributed by atoms with Crippen LogP contribution >= 0.6 is 0 Å². The lowest BCUT2D eigenvalue weighted by atomic mass is 10.1. The highest BCUT2D eigenvalue weighted by Gasteiger charge is 2.14. The Bertz CT molecular complexity index is 759. The number of carbonyl (C=O) groups is 1. The summed E-state index contributed by atoms with van der Waals surface area (Å²) >= 11 is 0. The molecule has 0 saturated carbocycles. The number of rotatable bonds is 4. The molecule has 3 aromatic rings. The van der Waals surface area contributed by atoms with Crippen molar-refractivity contribution < 1.29 is 9.21 Å². The van der Waals surface area contributed by atoms with E-state index in [0.717, 1.165) is 27.7 Å². The summed E-state index contributed by atoms with van der Waals surface area (Å²) in [5.41, 5.74) is 3.82. The fourth-order valence-corrected chi connectivity index (χ4v) is 2.37. The quantitative estimate of drug-likeness (QED) is 0.773. The van der Waals surface area contributed by atoms with Crippen molar-refractivity contribution in [1.82, 2.24) is 15.5 Å². The summed E-state index contributed by atoms with van der Waals surface area (Å²) in [6, 6.07) is 5.92. The Kier molecular flexibility index (Phi) is 3.48. The molecule has 0 saturated heterocycles. The van der Waals surface area contributed by atoms with E-state index in [9.17, 15) is 4.79 Å². The van der Waals surface area contributed by atoms with Gasteiger partial charge in [0.05, 0.1) is 24.9 Å². The number of carbonyl (C=O) groups excluding carboxylic acids is 1. The minimum atomic E-state index is -0.0725. The summed E-state index contributed by atoms with van der Waals surface area (Å²) in [4.78, 5) is 12.1. The molecule has 0 aliphatic heterocycles. The van der Waals surface area contributed by atoms with Crippen molar-refractivity contribution in [2.75, 3.05) is 0 Å². The maximum Gasteiger partial charge on any atom is 0.225 e. The van der Waals surface area contributed by atoms with Crippen LogP contribution in [0.1, 0.15) is 29.7 Å². The van der Waals surface area contributed by atoms with Crippen molar-refractivity contribution >= 4 is 16.9 Å². The predicted molar refractivity (Wildman–Crippen MR) is 79.8 cm³/mol. The van der Waals surface area contributed by atoms with Crippen LogP contribution in [0, 0.1) is 6.92 Å². The molecular formula is C16H17N3O2. The summed E-state index contributed by atoms with van der Waals surface area (Å²) in [7, 11) is 0. The number of nitrogens with zero attached hydrogens (tertiary/aromatic N) is 1. The van der Waals surface area contributed by atoms with Gasteiger partial charge in [-0.2, -0.15) is 5.10 Å². The van der Waals surface area contributed by atoms with Crippen molar-refractivity contribution in [2.24, 2.45) is 0 Å². The molecule has 1 aromatic carbocycles. The summed E-state index contributed by atoms with van der Waals surface area (Å²) in [5, 5.41) is 10.6. The van der Waals surface area contributed by atoms with Crippen molar-refractivity contribution in [3.8, 4) is 0 Å². The molecule has 21 heavy (non-hydrogen) atoms. The van der Waals surface area contributed by atoms with Gasteiger partial charge in [0.15, 0.2) is 0 Å². The highest BCUT2D eigenvalue weighted by Crippen LogP contribution is 2.23. The molecule has 1 unspecified atom stereocenters. The van der Waals surface area contributed by atoms with Crippen molar-refractivity contribution in [3.63, 3.8) is 0 Å². The highest BCUT2D eigenvalue weighted by atomic mass is 16.3. The first-order chi connectivity index (χ1) is 10.1. The van der Waals surface area contributed by atoms with Crippen molar-refractivity contribution in [3.05, 3.63) is 53.5 Å². The molecule has 2 aromatic heterocycles. The number of fused-ring (bicyclic) bond motifs is 1. The Morgan fingerprint density at radius 3 is 3.10 bits per heavy atom. The molecule has 0 spiro atoms. The smallest absolute Gasteiger partial charge is 0.225 e. The van der Waals surface area contributed by atoms with Gasteiger partial charge in [0.25, 0.3) is 0 Å². The van der Waals surface area contributed by atoms with E-state index in [1.54, 1.807) is 18.7 Å². The van der Waals surface area contributed by atoms with Gasteiger partial charge in [-0.05, 0) is 25.5 Å². The van der Waals surface area contributed by atoms with Crippen LogP contribution in [0.4, 0.5) is 0 Å². The zero-order valence-electron chi connectivity index (χ0n) is 12.0. The molecule has 0 bridgehead atoms. The standard InChI is InChI=1S/C16H17N3O2/c1-10-3-4-14-12(9-21-15(14)5-10)6-16(20)19-11(2)13-7-17-18-8-13/h3-5,7-9,11H,6H2,1-2H3,(H,17,18)(H,19,20). The van der Waals surface area contributed by atoms with Crippen molar-refractivity contribution in [1.29, 1.82) is 0 Å². The number of hydrogen-bond donors (Lipinski definition) is 2. The second kappa shape index (κ2) is 5.44. The maximum atomic E-state index is 12.1. The van der Waals surface area contributed by atoms with E-state index in [0.29, 0.717) is 6.42 Å². The molecule has 1 amide bonds. The summed E-state index contributed by atoms with van der Waals surface area (Å²) in [6.45, 7) is 3.94. The van der Waals surface area contributed by atoms with Gasteiger partial charge in [-0.3, -0.25) is 9.89 Å². The van der Waals surface area contributed by atoms with Gasteiger partial charge in [0.1, 0.15) is 5.58 Å². The van der Waals surface area contributed by atoms with Crippen LogP contribution in [0.25, 0.3) is 11.0 Å². The molecule has 3 rings (SSSR count). The largest absolute Gasteiger partial charge is 0.464 e. The van der Waals surface area contributed by atoms with Crippen LogP contribution in [-0.4, -0.2) is 16.1 Å². The number of H-pyrrole nitrogens is 1. The molecule has 0 fully saturated rings. The van der Waals surface area contributed by atoms with E-state index >= 15 is 0 Å². The van der Waals surface area contributed by atoms with E-state index in [1.807, 2.05) is 32.0 Å². The van der Waals surface area contributed by atoms with Gasteiger partial charge in [-0.1, -0.05) is 12.1 Å². The molecule has 5 heteroatoms. The highest BCUT2D eigenvalue weighted by molar-refractivity contribution is 5.88. The Hall–Kier alpha value is -2.56. The molecule has 5 nitrogen and oxygen atoms in total. The van der Waals surface area contributed by atoms with E-state index in [1.165, 1.54) is 0 Å². The van der Waals surface area contributed by atoms with Gasteiger partial charge in [0.2, 0.25) is 5.91 Å². The monoisotopic (exact) mass is 283 g/mol. The van der Waals surface area contributed by atoms with Gasteiger partial charge in [0, 0.05) is 22.7 Å². The first-order valence-corrected chi connectivity index (χ1v) is 6.88. The lowest BCUT2D eigenvalue weighted by Crippen LogP contribution is -2.27. The third-order valence-corrected chi connectivity index (χ3v) is 3.56. The average Bonchev–Trinajstić information content (AvgIpc) is 3.08. The fourth-order valence-electron chi connectivity index (χ4n) is 2.37. The number of aryl methyl sites for hydroxylation is 1. The Morgan fingerprint density at radius 1 is 1.48 bits per heavy atom. The SMILES string of the molecule is Cc1ccc2c(CC(=O)NC(C)c3cn[nH]c3)coc2c1. The number of aromatic nitrogens is 2. The third kappa shape index (κ3) is 2.81. The Morgan fingerprint density at radius 2 is 2.33 bits per heavy atom. The zero-order chi connectivity index (χ0) is 14.8. The number of furan rings is 1. The minimum absolute atomic E-state index is 0.0352. The number of amides is 1. The van der Waals surface area contributed by atoms with Crippen LogP contribution in [0.2, 0.25) is 0 Å². The van der Waals surface area contributed by atoms with E-state index in [4.69, 9.17) is 4.42 Å². The van der Waals surface area contributed by atoms with Crippen molar-refractivity contribution in [2.45, 2.75) is 26.3 Å². The maximum absolute atomic E-state index is 12.1. The number of aromatic amines is 1. The van der Waals surface area contributed by atoms with E-state index in [2.05, 4.69) is 15.5 Å². The average molecular weight is 283 g/mol. The number of benzene rings is 1. The van der Waals surface area contributed by atoms with Gasteiger partial charge in [-0.15, -0.1) is 0 Å². The molecule has 2 heterocycles. The summed E-state index contributed by atoms with van der Waals surface area (Å²) in [5.74, 6) is -0.0352. The molecule has 2 N–H and O–H groups in total. The molecule has 0 aliphatic rings. The van der Waals surface area contributed by atoms with Gasteiger partial charge >= 0.3 is 0 Å². The molecular weight excluding hydrogens is 266 g/mol. The molecule has 0 aliphatic carbocycles. The van der Waals surface area contributed by atoms with E-state index in [-0.39, 0.29) is 11.9 Å². The second-order valence-corrected chi connectivity index (χ2v) is 5.26. The van der Waals surface area contributed by atoms with Crippen LogP contribution in [0.15, 0.2) is 41.3 Å². The minimum Gasteiger partial charge on any atom is -0.464 e. The Balaban J connectivity index is 1.71. The lowest BCUT2D eigenvalue weighted by molar-refractivity contribution is -0.121. The van der Waals surface area contributed by atoms with Gasteiger partial charge < -0.3 is 9.73 Å². The molecule has 1 atom stereocenters. The molecule has 0 radical (unpaired) electrons. The topological polar surface area (TPSA) is 70.9 Å². The first kappa shape index (κ1) is 13.4. The van der Waals surface area contributed by atoms with Crippen LogP contribution in [0.5, 0.6) is 0 Å². The van der Waals surface area contributed by atoms with E-state index < -0.39 is 0 Å². The van der Waals surface area contributed by atoms with Crippen LogP contribution in [-0.2, 0) is 11.2 Å². The summed E-state index contributed by atoms with van der Waals surface area (Å²) < 4.78 is 5.51. The molecule has 108 valence electrons. The normalized spacial score (nSPS) is 12.5. The Labute approximate surface area is 122 Å². The second-order valence-electron chi connectivity index (χ2n) is 5.26. The zero-order valence-corrected chi connectivity index (χ0v) is 12.0. The lowest BCUT2D eigenvalue weighted by Gasteiger charge is -2.11. The summed E-state index contributed by atoms with van der Waals surface area (Å²) in [6.07, 6.45) is 5.45. The third-order valence-electron chi connectivity index (χ3n) is 3.56. The number of hydrogen-bond acceptors (Lipinski definition) is 3. The fraction of sp³-hybridized carbons (Fsp3) is 0.250. The number of nitrogens with one attached hydrogen (secondary N) is 2.